The molecule has 0 radical (unpaired) electrons. The van der Waals surface area contributed by atoms with Gasteiger partial charge in [-0.1, -0.05) is 18.2 Å². The summed E-state index contributed by atoms with van der Waals surface area (Å²) in [5.74, 6) is -0.130. The van der Waals surface area contributed by atoms with Gasteiger partial charge in [0.15, 0.2) is 12.2 Å². The van der Waals surface area contributed by atoms with Crippen LogP contribution in [0.4, 0.5) is 0 Å². The van der Waals surface area contributed by atoms with Crippen molar-refractivity contribution >= 4 is 11.5 Å². The Hall–Kier alpha value is -2.66. The minimum atomic E-state index is -1.05. The molecule has 0 bridgehead atoms. The van der Waals surface area contributed by atoms with E-state index in [0.29, 0.717) is 5.56 Å². The van der Waals surface area contributed by atoms with Crippen molar-refractivity contribution in [3.8, 4) is 0 Å². The van der Waals surface area contributed by atoms with Gasteiger partial charge in [-0.2, -0.15) is 0 Å². The van der Waals surface area contributed by atoms with Crippen molar-refractivity contribution in [2.75, 3.05) is 0 Å². The van der Waals surface area contributed by atoms with Gasteiger partial charge in [0.25, 0.3) is 0 Å². The zero-order valence-electron chi connectivity index (χ0n) is 13.0. The fourth-order valence-corrected chi connectivity index (χ4v) is 2.92. The van der Waals surface area contributed by atoms with Crippen LogP contribution >= 0.6 is 0 Å². The highest BCUT2D eigenvalue weighted by Crippen LogP contribution is 2.34. The first-order valence-corrected chi connectivity index (χ1v) is 7.57. The molecule has 0 fully saturated rings. The molecule has 0 amide bonds. The van der Waals surface area contributed by atoms with Gasteiger partial charge in [-0.25, -0.2) is 4.99 Å². The van der Waals surface area contributed by atoms with Crippen molar-refractivity contribution < 1.29 is 5.11 Å². The number of aliphatic hydroxyl groups is 1. The molecule has 1 atom stereocenters. The second kappa shape index (κ2) is 6.22. The minimum Gasteiger partial charge on any atom is -0.370 e. The van der Waals surface area contributed by atoms with Gasteiger partial charge in [-0.3, -0.25) is 4.98 Å². The maximum absolute atomic E-state index is 10.1. The highest BCUT2D eigenvalue weighted by atomic mass is 16.3. The number of guanidine groups is 1. The summed E-state index contributed by atoms with van der Waals surface area (Å²) < 4.78 is 0. The molecule has 23 heavy (non-hydrogen) atoms. The molecule has 1 aromatic carbocycles. The molecule has 0 spiro atoms. The highest BCUT2D eigenvalue weighted by Gasteiger charge is 2.18. The first-order valence-electron chi connectivity index (χ1n) is 7.57. The normalized spacial score (nSPS) is 14.6. The Morgan fingerprint density at radius 3 is 2.83 bits per heavy atom. The van der Waals surface area contributed by atoms with Crippen LogP contribution in [0, 0.1) is 6.92 Å². The van der Waals surface area contributed by atoms with Crippen LogP contribution in [0.3, 0.4) is 0 Å². The molecular formula is C18H20N4O. The molecule has 1 unspecified atom stereocenters. The third-order valence-corrected chi connectivity index (χ3v) is 4.08. The maximum atomic E-state index is 10.1. The zero-order chi connectivity index (χ0) is 16.4. The van der Waals surface area contributed by atoms with Crippen LogP contribution in [0.5, 0.6) is 0 Å². The quantitative estimate of drug-likeness (QED) is 0.597. The maximum Gasteiger partial charge on any atom is 0.188 e. The number of fused-ring (bicyclic) bond motifs is 1. The van der Waals surface area contributed by atoms with Gasteiger partial charge in [0, 0.05) is 23.5 Å². The first-order chi connectivity index (χ1) is 11.1. The summed E-state index contributed by atoms with van der Waals surface area (Å²) in [6, 6.07) is 7.87. The number of allylic oxidation sites excluding steroid dienone is 1. The van der Waals surface area contributed by atoms with Crippen LogP contribution in [0.2, 0.25) is 0 Å². The lowest BCUT2D eigenvalue weighted by Crippen LogP contribution is -2.23. The Morgan fingerprint density at radius 1 is 1.26 bits per heavy atom. The molecule has 5 N–H and O–H groups in total. The monoisotopic (exact) mass is 308 g/mol. The predicted octanol–water partition coefficient (Wildman–Crippen LogP) is 2.03. The number of hydrogen-bond donors (Lipinski definition) is 3. The van der Waals surface area contributed by atoms with Gasteiger partial charge in [0.05, 0.1) is 0 Å². The average molecular weight is 308 g/mol. The second-order valence-electron chi connectivity index (χ2n) is 5.69. The van der Waals surface area contributed by atoms with Crippen LogP contribution in [0.15, 0.2) is 47.7 Å². The summed E-state index contributed by atoms with van der Waals surface area (Å²) in [7, 11) is 0. The molecule has 5 nitrogen and oxygen atoms in total. The van der Waals surface area contributed by atoms with Crippen molar-refractivity contribution in [1.29, 1.82) is 0 Å². The fraction of sp³-hybridized carbons (Fsp3) is 0.222. The largest absolute Gasteiger partial charge is 0.370 e. The number of nitrogens with two attached hydrogens (primary N) is 2. The first kappa shape index (κ1) is 15.2. The van der Waals surface area contributed by atoms with Crippen molar-refractivity contribution in [2.24, 2.45) is 16.5 Å². The van der Waals surface area contributed by atoms with Crippen LogP contribution in [0.1, 0.15) is 40.5 Å². The van der Waals surface area contributed by atoms with E-state index in [-0.39, 0.29) is 5.96 Å². The molecule has 1 aliphatic carbocycles. The van der Waals surface area contributed by atoms with Crippen molar-refractivity contribution in [3.63, 3.8) is 0 Å². The molecule has 118 valence electrons. The van der Waals surface area contributed by atoms with Crippen molar-refractivity contribution in [3.05, 3.63) is 70.6 Å². The standard InChI is InChI=1S/C18H20N4O/c1-11-7-8-21-10-16(11)14-4-2-3-12-5-6-13(9-15(12)14)17(23)22-18(19)20/h4-10,17,23H,2-3H2,1H3,(H4,19,20,22). The van der Waals surface area contributed by atoms with Crippen LogP contribution < -0.4 is 11.5 Å². The summed E-state index contributed by atoms with van der Waals surface area (Å²) in [4.78, 5) is 8.05. The second-order valence-corrected chi connectivity index (χ2v) is 5.69. The number of benzene rings is 1. The summed E-state index contributed by atoms with van der Waals surface area (Å²) in [6.07, 6.45) is 6.83. The third kappa shape index (κ3) is 3.10. The van der Waals surface area contributed by atoms with Gasteiger partial charge in [-0.05, 0) is 54.2 Å². The topological polar surface area (TPSA) is 97.5 Å². The van der Waals surface area contributed by atoms with Crippen LogP contribution in [-0.2, 0) is 6.42 Å². The van der Waals surface area contributed by atoms with E-state index in [2.05, 4.69) is 23.0 Å². The lowest BCUT2D eigenvalue weighted by molar-refractivity contribution is 0.188. The molecule has 1 heterocycles. The summed E-state index contributed by atoms with van der Waals surface area (Å²) in [6.45, 7) is 2.07. The van der Waals surface area contributed by atoms with Gasteiger partial charge < -0.3 is 16.6 Å². The van der Waals surface area contributed by atoms with E-state index in [0.717, 1.165) is 29.5 Å². The van der Waals surface area contributed by atoms with Gasteiger partial charge in [-0.15, -0.1) is 0 Å². The summed E-state index contributed by atoms with van der Waals surface area (Å²) >= 11 is 0. The number of aryl methyl sites for hydroxylation is 2. The van der Waals surface area contributed by atoms with Gasteiger partial charge in [0.1, 0.15) is 0 Å². The lowest BCUT2D eigenvalue weighted by atomic mass is 9.85. The number of pyridine rings is 1. The van der Waals surface area contributed by atoms with E-state index in [4.69, 9.17) is 11.5 Å². The van der Waals surface area contributed by atoms with Crippen molar-refractivity contribution in [1.82, 2.24) is 4.98 Å². The predicted molar refractivity (Wildman–Crippen MR) is 91.6 cm³/mol. The average Bonchev–Trinajstić information content (AvgIpc) is 2.54. The molecular weight excluding hydrogens is 288 g/mol. The Morgan fingerprint density at radius 2 is 2.09 bits per heavy atom. The molecule has 0 aliphatic heterocycles. The van der Waals surface area contributed by atoms with Crippen LogP contribution in [-0.4, -0.2) is 16.1 Å². The van der Waals surface area contributed by atoms with Crippen LogP contribution in [0.25, 0.3) is 5.57 Å². The molecule has 5 heteroatoms. The molecule has 1 aliphatic rings. The number of aliphatic hydroxyl groups excluding tert-OH is 1. The number of aliphatic imine (C=N–C) groups is 1. The van der Waals surface area contributed by atoms with E-state index in [1.54, 1.807) is 6.20 Å². The smallest absolute Gasteiger partial charge is 0.188 e. The number of aromatic nitrogens is 1. The Kier molecular flexibility index (Phi) is 4.12. The zero-order valence-corrected chi connectivity index (χ0v) is 13.0. The molecule has 0 saturated carbocycles. The van der Waals surface area contributed by atoms with E-state index < -0.39 is 6.23 Å². The summed E-state index contributed by atoms with van der Waals surface area (Å²) in [5.41, 5.74) is 17.2. The molecule has 2 aromatic rings. The number of hydrogen-bond acceptors (Lipinski definition) is 3. The number of nitrogens with zero attached hydrogens (tertiary/aromatic N) is 2. The number of rotatable bonds is 3. The molecule has 0 saturated heterocycles. The Labute approximate surface area is 135 Å². The Bertz CT molecular complexity index is 791. The lowest BCUT2D eigenvalue weighted by Gasteiger charge is -2.21. The fourth-order valence-electron chi connectivity index (χ4n) is 2.92. The minimum absolute atomic E-state index is 0.130. The van der Waals surface area contributed by atoms with E-state index in [9.17, 15) is 5.11 Å². The summed E-state index contributed by atoms with van der Waals surface area (Å²) in [5, 5.41) is 10.1. The molecule has 3 rings (SSSR count). The van der Waals surface area contributed by atoms with Gasteiger partial charge >= 0.3 is 0 Å². The van der Waals surface area contributed by atoms with E-state index in [1.165, 1.54) is 11.1 Å². The molecule has 1 aromatic heterocycles. The van der Waals surface area contributed by atoms with Crippen molar-refractivity contribution in [2.45, 2.75) is 26.0 Å². The van der Waals surface area contributed by atoms with E-state index in [1.807, 2.05) is 30.5 Å². The third-order valence-electron chi connectivity index (χ3n) is 4.08. The SMILES string of the molecule is Cc1ccncc1C1=CCCc2ccc(C(O)N=C(N)N)cc21. The van der Waals surface area contributed by atoms with E-state index >= 15 is 0 Å². The van der Waals surface area contributed by atoms with Gasteiger partial charge in [0.2, 0.25) is 0 Å². The Balaban J connectivity index is 2.07. The highest BCUT2D eigenvalue weighted by molar-refractivity contribution is 5.84.